The molecule has 3 aromatic carbocycles. The fourth-order valence-corrected chi connectivity index (χ4v) is 3.90. The average molecular weight is 535 g/mol. The van der Waals surface area contributed by atoms with E-state index in [1.54, 1.807) is 30.3 Å². The molecule has 8 heteroatoms. The molecule has 1 N–H and O–H groups in total. The van der Waals surface area contributed by atoms with Crippen molar-refractivity contribution in [1.82, 2.24) is 0 Å². The molecule has 0 spiro atoms. The van der Waals surface area contributed by atoms with E-state index >= 15 is 0 Å². The second kappa shape index (κ2) is 9.39. The van der Waals surface area contributed by atoms with Gasteiger partial charge in [0.1, 0.15) is 0 Å². The standard InChI is InChI=1S/C21H13Br2NO4S/c22-15-4-2-14(3-5-15)21(26)20(29-17-8-6-16(23)7-9-17)12-13-1-10-19(25)18(11-13)24(27)28/h1-12,25H/b20-12+. The molecule has 29 heavy (non-hydrogen) atoms. The molecule has 0 amide bonds. The minimum atomic E-state index is -0.662. The predicted molar refractivity (Wildman–Crippen MR) is 121 cm³/mol. The Morgan fingerprint density at radius 3 is 2.14 bits per heavy atom. The largest absolute Gasteiger partial charge is 0.502 e. The highest BCUT2D eigenvalue weighted by molar-refractivity contribution is 9.10. The minimum absolute atomic E-state index is 0.207. The number of hydrogen-bond donors (Lipinski definition) is 1. The van der Waals surface area contributed by atoms with E-state index in [-0.39, 0.29) is 5.78 Å². The number of nitro groups is 1. The van der Waals surface area contributed by atoms with Crippen molar-refractivity contribution >= 4 is 61.2 Å². The zero-order chi connectivity index (χ0) is 21.0. The first kappa shape index (κ1) is 21.3. The maximum atomic E-state index is 13.1. The smallest absolute Gasteiger partial charge is 0.311 e. The van der Waals surface area contributed by atoms with Crippen LogP contribution in [0.2, 0.25) is 0 Å². The van der Waals surface area contributed by atoms with Gasteiger partial charge in [-0.15, -0.1) is 0 Å². The summed E-state index contributed by atoms with van der Waals surface area (Å²) in [6.07, 6.45) is 1.59. The fraction of sp³-hybridized carbons (Fsp3) is 0. The van der Waals surface area contributed by atoms with E-state index in [9.17, 15) is 20.0 Å². The van der Waals surface area contributed by atoms with Crippen LogP contribution in [0.3, 0.4) is 0 Å². The molecule has 0 aromatic heterocycles. The molecule has 0 aliphatic carbocycles. The number of aromatic hydroxyl groups is 1. The van der Waals surface area contributed by atoms with Crippen LogP contribution in [0.25, 0.3) is 6.08 Å². The Bertz CT molecular complexity index is 1100. The molecular weight excluding hydrogens is 522 g/mol. The fourth-order valence-electron chi connectivity index (χ4n) is 2.44. The highest BCUT2D eigenvalue weighted by Gasteiger charge is 2.17. The number of carbonyl (C=O) groups excluding carboxylic acids is 1. The van der Waals surface area contributed by atoms with Gasteiger partial charge in [0.25, 0.3) is 0 Å². The molecule has 0 saturated carbocycles. The molecule has 0 atom stereocenters. The van der Waals surface area contributed by atoms with Crippen LogP contribution in [0, 0.1) is 10.1 Å². The number of nitrogens with zero attached hydrogens (tertiary/aromatic N) is 1. The van der Waals surface area contributed by atoms with E-state index in [2.05, 4.69) is 31.9 Å². The zero-order valence-corrected chi connectivity index (χ0v) is 18.7. The van der Waals surface area contributed by atoms with E-state index < -0.39 is 16.4 Å². The first-order valence-electron chi connectivity index (χ1n) is 8.26. The summed E-state index contributed by atoms with van der Waals surface area (Å²) in [7, 11) is 0. The minimum Gasteiger partial charge on any atom is -0.502 e. The number of hydrogen-bond acceptors (Lipinski definition) is 5. The van der Waals surface area contributed by atoms with Gasteiger partial charge < -0.3 is 5.11 Å². The molecule has 3 rings (SSSR count). The molecule has 0 unspecified atom stereocenters. The lowest BCUT2D eigenvalue weighted by Crippen LogP contribution is -2.01. The van der Waals surface area contributed by atoms with E-state index in [0.29, 0.717) is 16.0 Å². The van der Waals surface area contributed by atoms with Gasteiger partial charge in [0, 0.05) is 25.5 Å². The summed E-state index contributed by atoms with van der Waals surface area (Å²) in [5, 5.41) is 20.8. The lowest BCUT2D eigenvalue weighted by molar-refractivity contribution is -0.385. The first-order valence-corrected chi connectivity index (χ1v) is 10.7. The van der Waals surface area contributed by atoms with Crippen LogP contribution in [0.15, 0.2) is 85.5 Å². The number of phenols is 1. The van der Waals surface area contributed by atoms with Crippen molar-refractivity contribution in [1.29, 1.82) is 0 Å². The number of Topliss-reactive ketones (excluding diaryl/α,β-unsaturated/α-hetero) is 1. The maximum absolute atomic E-state index is 13.1. The number of phenolic OH excluding ortho intramolecular Hbond substituents is 1. The van der Waals surface area contributed by atoms with Gasteiger partial charge in [-0.1, -0.05) is 49.7 Å². The highest BCUT2D eigenvalue weighted by Crippen LogP contribution is 2.34. The van der Waals surface area contributed by atoms with Gasteiger partial charge >= 0.3 is 5.69 Å². The normalized spacial score (nSPS) is 11.3. The van der Waals surface area contributed by atoms with Crippen molar-refractivity contribution in [3.63, 3.8) is 0 Å². The third-order valence-corrected chi connectivity index (χ3v) is 5.95. The Labute approximate surface area is 187 Å². The monoisotopic (exact) mass is 533 g/mol. The summed E-state index contributed by atoms with van der Waals surface area (Å²) < 4.78 is 1.77. The Kier molecular flexibility index (Phi) is 6.89. The number of benzene rings is 3. The van der Waals surface area contributed by atoms with E-state index in [0.717, 1.165) is 13.8 Å². The molecule has 0 fully saturated rings. The van der Waals surface area contributed by atoms with Crippen molar-refractivity contribution < 1.29 is 14.8 Å². The van der Waals surface area contributed by atoms with Gasteiger partial charge in [-0.25, -0.2) is 0 Å². The van der Waals surface area contributed by atoms with Crippen LogP contribution in [-0.2, 0) is 0 Å². The second-order valence-corrected chi connectivity index (χ2v) is 8.85. The average Bonchev–Trinajstić information content (AvgIpc) is 2.70. The van der Waals surface area contributed by atoms with Crippen LogP contribution >= 0.6 is 43.6 Å². The molecule has 5 nitrogen and oxygen atoms in total. The van der Waals surface area contributed by atoms with Crippen LogP contribution < -0.4 is 0 Å². The summed E-state index contributed by atoms with van der Waals surface area (Å²) >= 11 is 8.00. The van der Waals surface area contributed by atoms with Gasteiger partial charge in [-0.2, -0.15) is 0 Å². The van der Waals surface area contributed by atoms with Crippen LogP contribution in [0.5, 0.6) is 5.75 Å². The van der Waals surface area contributed by atoms with Gasteiger partial charge in [0.15, 0.2) is 11.5 Å². The molecule has 0 bridgehead atoms. The Hall–Kier alpha value is -2.42. The number of nitro benzene ring substituents is 1. The number of allylic oxidation sites excluding steroid dienone is 1. The molecular formula is C21H13Br2NO4S. The Morgan fingerprint density at radius 1 is 0.966 bits per heavy atom. The third-order valence-electron chi connectivity index (χ3n) is 3.87. The van der Waals surface area contributed by atoms with Gasteiger partial charge in [0.2, 0.25) is 0 Å². The van der Waals surface area contributed by atoms with Crippen LogP contribution in [-0.4, -0.2) is 15.8 Å². The Balaban J connectivity index is 2.04. The van der Waals surface area contributed by atoms with Gasteiger partial charge in [-0.05, 0) is 66.2 Å². The molecule has 146 valence electrons. The van der Waals surface area contributed by atoms with Crippen molar-refractivity contribution in [2.45, 2.75) is 4.90 Å². The summed E-state index contributed by atoms with van der Waals surface area (Å²) in [6.45, 7) is 0. The SMILES string of the molecule is O=C(/C(=C\c1ccc(O)c([N+](=O)[O-])c1)Sc1ccc(Br)cc1)c1ccc(Br)cc1. The summed E-state index contributed by atoms with van der Waals surface area (Å²) in [4.78, 5) is 24.8. The van der Waals surface area contributed by atoms with E-state index in [4.69, 9.17) is 0 Å². The van der Waals surface area contributed by atoms with Gasteiger partial charge in [0.05, 0.1) is 9.83 Å². The predicted octanol–water partition coefficient (Wildman–Crippen LogP) is 6.84. The number of rotatable bonds is 6. The van der Waals surface area contributed by atoms with Gasteiger partial charge in [-0.3, -0.25) is 14.9 Å². The summed E-state index contributed by atoms with van der Waals surface area (Å²) in [5.41, 5.74) is 0.528. The number of thioether (sulfide) groups is 1. The molecule has 0 aliphatic heterocycles. The maximum Gasteiger partial charge on any atom is 0.311 e. The zero-order valence-electron chi connectivity index (χ0n) is 14.7. The quantitative estimate of drug-likeness (QED) is 0.123. The van der Waals surface area contributed by atoms with E-state index in [1.165, 1.54) is 30.0 Å². The first-order chi connectivity index (χ1) is 13.8. The molecule has 0 saturated heterocycles. The highest BCUT2D eigenvalue weighted by atomic mass is 79.9. The lowest BCUT2D eigenvalue weighted by Gasteiger charge is -2.08. The third kappa shape index (κ3) is 5.56. The number of ketones is 1. The molecule has 0 radical (unpaired) electrons. The van der Waals surface area contributed by atoms with Crippen molar-refractivity contribution in [3.8, 4) is 5.75 Å². The second-order valence-electron chi connectivity index (χ2n) is 5.91. The number of carbonyl (C=O) groups is 1. The lowest BCUT2D eigenvalue weighted by atomic mass is 10.1. The van der Waals surface area contributed by atoms with Crippen LogP contribution in [0.4, 0.5) is 5.69 Å². The molecule has 3 aromatic rings. The topological polar surface area (TPSA) is 80.4 Å². The molecule has 0 aliphatic rings. The van der Waals surface area contributed by atoms with E-state index in [1.807, 2.05) is 24.3 Å². The number of halogens is 2. The summed E-state index contributed by atoms with van der Waals surface area (Å²) in [5.74, 6) is -0.630. The van der Waals surface area contributed by atoms with Crippen molar-refractivity contribution in [3.05, 3.63) is 102 Å². The van der Waals surface area contributed by atoms with Crippen molar-refractivity contribution in [2.24, 2.45) is 0 Å². The summed E-state index contributed by atoms with van der Waals surface area (Å²) in [6, 6.07) is 18.5. The van der Waals surface area contributed by atoms with Crippen LogP contribution in [0.1, 0.15) is 15.9 Å². The Morgan fingerprint density at radius 2 is 1.55 bits per heavy atom. The molecule has 0 heterocycles. The van der Waals surface area contributed by atoms with Crippen molar-refractivity contribution in [2.75, 3.05) is 0 Å².